The van der Waals surface area contributed by atoms with Crippen molar-refractivity contribution in [3.63, 3.8) is 0 Å². The van der Waals surface area contributed by atoms with Gasteiger partial charge in [-0.25, -0.2) is 4.98 Å². The molecule has 0 bridgehead atoms. The third kappa shape index (κ3) is 3.83. The molecule has 0 aromatic carbocycles. The fourth-order valence-electron chi connectivity index (χ4n) is 1.07. The van der Waals surface area contributed by atoms with Gasteiger partial charge in [-0.1, -0.05) is 0 Å². The standard InChI is InChI=1S/C9H14N4O4/c1-6(2)16-3-4-17-9-7(13(14)15)8(10)11-5-12-9/h5-6H,3-4H2,1-2H3,(H2,10,11,12). The Bertz CT molecular complexity index is 397. The van der Waals surface area contributed by atoms with E-state index in [0.717, 1.165) is 6.33 Å². The van der Waals surface area contributed by atoms with E-state index in [1.165, 1.54) is 0 Å². The third-order valence-corrected chi connectivity index (χ3v) is 1.77. The van der Waals surface area contributed by atoms with Crippen LogP contribution in [0.1, 0.15) is 13.8 Å². The van der Waals surface area contributed by atoms with E-state index in [1.807, 2.05) is 13.8 Å². The molecule has 8 heteroatoms. The lowest BCUT2D eigenvalue weighted by Crippen LogP contribution is -2.13. The van der Waals surface area contributed by atoms with Gasteiger partial charge < -0.3 is 15.2 Å². The second-order valence-electron chi connectivity index (χ2n) is 3.44. The number of nitro groups is 1. The van der Waals surface area contributed by atoms with Gasteiger partial charge in [0, 0.05) is 0 Å². The number of nitrogens with zero attached hydrogens (tertiary/aromatic N) is 3. The number of rotatable bonds is 6. The SMILES string of the molecule is CC(C)OCCOc1ncnc(N)c1[N+](=O)[O-]. The topological polar surface area (TPSA) is 113 Å². The molecule has 1 aromatic rings. The largest absolute Gasteiger partial charge is 0.470 e. The predicted molar refractivity (Wildman–Crippen MR) is 59.7 cm³/mol. The summed E-state index contributed by atoms with van der Waals surface area (Å²) < 4.78 is 10.4. The van der Waals surface area contributed by atoms with E-state index in [4.69, 9.17) is 15.2 Å². The summed E-state index contributed by atoms with van der Waals surface area (Å²) >= 11 is 0. The van der Waals surface area contributed by atoms with Crippen LogP contribution in [0, 0.1) is 10.1 Å². The minimum atomic E-state index is -0.673. The van der Waals surface area contributed by atoms with Crippen LogP contribution >= 0.6 is 0 Å². The average molecular weight is 242 g/mol. The maximum Gasteiger partial charge on any atom is 0.372 e. The number of nitrogens with two attached hydrogens (primary N) is 1. The Kier molecular flexibility index (Phi) is 4.58. The number of aromatic nitrogens is 2. The molecule has 0 saturated carbocycles. The summed E-state index contributed by atoms with van der Waals surface area (Å²) in [6.07, 6.45) is 1.19. The molecule has 0 spiro atoms. The number of ether oxygens (including phenoxy) is 2. The molecule has 8 nitrogen and oxygen atoms in total. The van der Waals surface area contributed by atoms with Crippen molar-refractivity contribution in [1.82, 2.24) is 9.97 Å². The molecule has 0 aliphatic carbocycles. The second-order valence-corrected chi connectivity index (χ2v) is 3.44. The molecule has 1 rings (SSSR count). The lowest BCUT2D eigenvalue weighted by atomic mass is 10.4. The lowest BCUT2D eigenvalue weighted by Gasteiger charge is -2.08. The third-order valence-electron chi connectivity index (χ3n) is 1.77. The zero-order valence-corrected chi connectivity index (χ0v) is 9.62. The van der Waals surface area contributed by atoms with Crippen LogP contribution in [-0.4, -0.2) is 34.2 Å². The highest BCUT2D eigenvalue weighted by Crippen LogP contribution is 2.28. The summed E-state index contributed by atoms with van der Waals surface area (Å²) in [5.41, 5.74) is 4.95. The van der Waals surface area contributed by atoms with Gasteiger partial charge in [0.25, 0.3) is 5.88 Å². The molecule has 0 saturated heterocycles. The van der Waals surface area contributed by atoms with E-state index >= 15 is 0 Å². The van der Waals surface area contributed by atoms with Gasteiger partial charge in [-0.3, -0.25) is 10.1 Å². The number of hydrogen-bond acceptors (Lipinski definition) is 7. The molecular weight excluding hydrogens is 228 g/mol. The molecule has 0 aliphatic heterocycles. The molecular formula is C9H14N4O4. The molecule has 0 atom stereocenters. The van der Waals surface area contributed by atoms with Gasteiger partial charge in [-0.05, 0) is 13.8 Å². The van der Waals surface area contributed by atoms with E-state index in [1.54, 1.807) is 0 Å². The zero-order valence-electron chi connectivity index (χ0n) is 9.62. The second kappa shape index (κ2) is 5.94. The Morgan fingerprint density at radius 2 is 2.18 bits per heavy atom. The lowest BCUT2D eigenvalue weighted by molar-refractivity contribution is -0.385. The minimum Gasteiger partial charge on any atom is -0.470 e. The fraction of sp³-hybridized carbons (Fsp3) is 0.556. The molecule has 1 heterocycles. The zero-order chi connectivity index (χ0) is 12.8. The van der Waals surface area contributed by atoms with Crippen LogP contribution in [0.4, 0.5) is 11.5 Å². The highest BCUT2D eigenvalue weighted by molar-refractivity contribution is 5.57. The van der Waals surface area contributed by atoms with Gasteiger partial charge in [0.2, 0.25) is 5.82 Å². The van der Waals surface area contributed by atoms with Crippen molar-refractivity contribution in [1.29, 1.82) is 0 Å². The van der Waals surface area contributed by atoms with Crippen LogP contribution in [0.25, 0.3) is 0 Å². The van der Waals surface area contributed by atoms with Gasteiger partial charge in [0.05, 0.1) is 17.6 Å². The summed E-state index contributed by atoms with van der Waals surface area (Å²) in [7, 11) is 0. The predicted octanol–water partition coefficient (Wildman–Crippen LogP) is 0.771. The number of hydrogen-bond donors (Lipinski definition) is 1. The molecule has 0 fully saturated rings. The van der Waals surface area contributed by atoms with Crippen molar-refractivity contribution in [3.05, 3.63) is 16.4 Å². The highest BCUT2D eigenvalue weighted by atomic mass is 16.6. The van der Waals surface area contributed by atoms with Gasteiger partial charge in [0.1, 0.15) is 12.9 Å². The maximum absolute atomic E-state index is 10.7. The molecule has 2 N–H and O–H groups in total. The van der Waals surface area contributed by atoms with Crippen molar-refractivity contribution in [2.75, 3.05) is 18.9 Å². The van der Waals surface area contributed by atoms with Crippen LogP contribution in [0.5, 0.6) is 5.88 Å². The maximum atomic E-state index is 10.7. The summed E-state index contributed by atoms with van der Waals surface area (Å²) in [5, 5.41) is 10.7. The van der Waals surface area contributed by atoms with Crippen molar-refractivity contribution in [3.8, 4) is 5.88 Å². The van der Waals surface area contributed by atoms with Gasteiger partial charge in [0.15, 0.2) is 0 Å². The average Bonchev–Trinajstić information content (AvgIpc) is 2.23. The first-order chi connectivity index (χ1) is 8.02. The van der Waals surface area contributed by atoms with Gasteiger partial charge in [-0.15, -0.1) is 0 Å². The first-order valence-electron chi connectivity index (χ1n) is 5.01. The molecule has 0 unspecified atom stereocenters. The molecule has 0 amide bonds. The molecule has 94 valence electrons. The van der Waals surface area contributed by atoms with Gasteiger partial charge in [-0.2, -0.15) is 4.98 Å². The van der Waals surface area contributed by atoms with Crippen molar-refractivity contribution < 1.29 is 14.4 Å². The Hall–Kier alpha value is -1.96. The summed E-state index contributed by atoms with van der Waals surface area (Å²) in [4.78, 5) is 17.2. The van der Waals surface area contributed by atoms with Crippen LogP contribution < -0.4 is 10.5 Å². The summed E-state index contributed by atoms with van der Waals surface area (Å²) in [5.74, 6) is -0.361. The van der Waals surface area contributed by atoms with Crippen molar-refractivity contribution >= 4 is 11.5 Å². The smallest absolute Gasteiger partial charge is 0.372 e. The monoisotopic (exact) mass is 242 g/mol. The molecule has 1 aromatic heterocycles. The number of anilines is 1. The Labute approximate surface area is 97.9 Å². The van der Waals surface area contributed by atoms with Crippen molar-refractivity contribution in [2.24, 2.45) is 0 Å². The molecule has 0 aliphatic rings. The van der Waals surface area contributed by atoms with E-state index in [2.05, 4.69) is 9.97 Å². The highest BCUT2D eigenvalue weighted by Gasteiger charge is 2.22. The van der Waals surface area contributed by atoms with Crippen LogP contribution in [0.15, 0.2) is 6.33 Å². The van der Waals surface area contributed by atoms with Crippen LogP contribution in [-0.2, 0) is 4.74 Å². The first-order valence-corrected chi connectivity index (χ1v) is 5.01. The normalized spacial score (nSPS) is 10.5. The Morgan fingerprint density at radius 3 is 2.76 bits per heavy atom. The van der Waals surface area contributed by atoms with E-state index < -0.39 is 10.6 Å². The van der Waals surface area contributed by atoms with E-state index in [9.17, 15) is 10.1 Å². The molecule has 0 radical (unpaired) electrons. The van der Waals surface area contributed by atoms with Crippen molar-refractivity contribution in [2.45, 2.75) is 20.0 Å². The first kappa shape index (κ1) is 13.1. The van der Waals surface area contributed by atoms with E-state index in [-0.39, 0.29) is 24.4 Å². The van der Waals surface area contributed by atoms with Crippen LogP contribution in [0.3, 0.4) is 0 Å². The summed E-state index contributed by atoms with van der Waals surface area (Å²) in [6, 6.07) is 0. The number of nitrogen functional groups attached to an aromatic ring is 1. The Morgan fingerprint density at radius 1 is 1.47 bits per heavy atom. The van der Waals surface area contributed by atoms with E-state index in [0.29, 0.717) is 6.61 Å². The molecule has 17 heavy (non-hydrogen) atoms. The van der Waals surface area contributed by atoms with Crippen LogP contribution in [0.2, 0.25) is 0 Å². The fourth-order valence-corrected chi connectivity index (χ4v) is 1.07. The quantitative estimate of drug-likeness (QED) is 0.445. The Balaban J connectivity index is 2.64. The van der Waals surface area contributed by atoms with Gasteiger partial charge >= 0.3 is 5.69 Å². The minimum absolute atomic E-state index is 0.0732. The summed E-state index contributed by atoms with van der Waals surface area (Å²) in [6.45, 7) is 4.24.